The fourth-order valence-corrected chi connectivity index (χ4v) is 2.40. The summed E-state index contributed by atoms with van der Waals surface area (Å²) in [6, 6.07) is 8.21. The number of hydrogen-bond acceptors (Lipinski definition) is 4. The summed E-state index contributed by atoms with van der Waals surface area (Å²) >= 11 is 0. The van der Waals surface area contributed by atoms with Crippen molar-refractivity contribution >= 4 is 12.1 Å². The molecule has 0 spiro atoms. The molecule has 114 valence electrons. The Morgan fingerprint density at radius 2 is 2.00 bits per heavy atom. The van der Waals surface area contributed by atoms with E-state index >= 15 is 0 Å². The summed E-state index contributed by atoms with van der Waals surface area (Å²) in [5, 5.41) is 0. The third-order valence-electron chi connectivity index (χ3n) is 3.66. The maximum atomic E-state index is 13.8. The largest absolute Gasteiger partial charge is 0.467 e. The van der Waals surface area contributed by atoms with Crippen molar-refractivity contribution in [3.63, 3.8) is 0 Å². The number of carbonyl (C=O) groups is 2. The van der Waals surface area contributed by atoms with E-state index in [-0.39, 0.29) is 13.2 Å². The van der Waals surface area contributed by atoms with Crippen molar-refractivity contribution in [3.8, 4) is 0 Å². The number of rotatable bonds is 3. The Labute approximate surface area is 122 Å². The Hall–Kier alpha value is -2.11. The highest BCUT2D eigenvalue weighted by Gasteiger charge is 2.47. The number of methoxy groups -OCH3 is 1. The third-order valence-corrected chi connectivity index (χ3v) is 3.66. The van der Waals surface area contributed by atoms with Gasteiger partial charge in [-0.15, -0.1) is 0 Å². The van der Waals surface area contributed by atoms with Gasteiger partial charge in [-0.2, -0.15) is 0 Å². The van der Waals surface area contributed by atoms with E-state index in [2.05, 4.69) is 4.74 Å². The SMILES string of the molecule is COC(=O)[C@@H]1[C@@H](C)[C@@H](F)CN1C(=O)OCc1ccccc1. The molecule has 1 aromatic carbocycles. The maximum absolute atomic E-state index is 13.8. The van der Waals surface area contributed by atoms with Crippen molar-refractivity contribution < 1.29 is 23.5 Å². The molecule has 5 nitrogen and oxygen atoms in total. The molecule has 1 heterocycles. The van der Waals surface area contributed by atoms with Crippen molar-refractivity contribution in [2.45, 2.75) is 25.7 Å². The van der Waals surface area contributed by atoms with Gasteiger partial charge in [-0.3, -0.25) is 4.90 Å². The van der Waals surface area contributed by atoms with Crippen LogP contribution in [0.3, 0.4) is 0 Å². The summed E-state index contributed by atoms with van der Waals surface area (Å²) in [5.74, 6) is -1.24. The van der Waals surface area contributed by atoms with Gasteiger partial charge in [0, 0.05) is 5.92 Å². The Balaban J connectivity index is 2.01. The summed E-state index contributed by atoms with van der Waals surface area (Å²) in [6.07, 6.45) is -1.97. The molecule has 1 aliphatic rings. The van der Waals surface area contributed by atoms with Crippen LogP contribution in [0.25, 0.3) is 0 Å². The second-order valence-corrected chi connectivity index (χ2v) is 5.04. The van der Waals surface area contributed by atoms with Crippen LogP contribution in [0.15, 0.2) is 30.3 Å². The van der Waals surface area contributed by atoms with Gasteiger partial charge in [0.2, 0.25) is 0 Å². The smallest absolute Gasteiger partial charge is 0.410 e. The first kappa shape index (κ1) is 15.3. The maximum Gasteiger partial charge on any atom is 0.410 e. The van der Waals surface area contributed by atoms with Crippen LogP contribution in [0.5, 0.6) is 0 Å². The van der Waals surface area contributed by atoms with E-state index in [1.54, 1.807) is 6.92 Å². The van der Waals surface area contributed by atoms with Gasteiger partial charge in [0.05, 0.1) is 13.7 Å². The van der Waals surface area contributed by atoms with E-state index in [1.165, 1.54) is 7.11 Å². The minimum Gasteiger partial charge on any atom is -0.467 e. The second-order valence-electron chi connectivity index (χ2n) is 5.04. The molecule has 0 bridgehead atoms. The molecule has 21 heavy (non-hydrogen) atoms. The summed E-state index contributed by atoms with van der Waals surface area (Å²) in [6.45, 7) is 1.50. The number of hydrogen-bond donors (Lipinski definition) is 0. The van der Waals surface area contributed by atoms with Crippen LogP contribution >= 0.6 is 0 Å². The van der Waals surface area contributed by atoms with Gasteiger partial charge in [0.1, 0.15) is 18.8 Å². The standard InChI is InChI=1S/C15H18FNO4/c1-10-12(16)8-17(13(10)14(18)20-2)15(19)21-9-11-6-4-3-5-7-11/h3-7,10,12-13H,8-9H2,1-2H3/t10-,12-,13-/m0/s1. The van der Waals surface area contributed by atoms with Crippen LogP contribution in [0.4, 0.5) is 9.18 Å². The lowest BCUT2D eigenvalue weighted by molar-refractivity contribution is -0.146. The summed E-state index contributed by atoms with van der Waals surface area (Å²) in [7, 11) is 1.22. The Morgan fingerprint density at radius 3 is 2.62 bits per heavy atom. The predicted molar refractivity (Wildman–Crippen MR) is 73.2 cm³/mol. The monoisotopic (exact) mass is 295 g/mol. The minimum atomic E-state index is -1.27. The zero-order valence-corrected chi connectivity index (χ0v) is 12.0. The molecule has 1 saturated heterocycles. The fraction of sp³-hybridized carbons (Fsp3) is 0.467. The van der Waals surface area contributed by atoms with E-state index in [0.717, 1.165) is 10.5 Å². The van der Waals surface area contributed by atoms with Gasteiger partial charge < -0.3 is 9.47 Å². The molecular formula is C15H18FNO4. The van der Waals surface area contributed by atoms with Gasteiger partial charge in [0.15, 0.2) is 0 Å². The summed E-state index contributed by atoms with van der Waals surface area (Å²) < 4.78 is 23.6. The lowest BCUT2D eigenvalue weighted by Gasteiger charge is -2.23. The number of esters is 1. The Bertz CT molecular complexity index is 508. The highest BCUT2D eigenvalue weighted by atomic mass is 19.1. The van der Waals surface area contributed by atoms with Crippen LogP contribution in [0, 0.1) is 5.92 Å². The molecule has 0 radical (unpaired) electrons. The average molecular weight is 295 g/mol. The van der Waals surface area contributed by atoms with E-state index < -0.39 is 30.2 Å². The molecule has 1 fully saturated rings. The summed E-state index contributed by atoms with van der Waals surface area (Å²) in [4.78, 5) is 24.9. The van der Waals surface area contributed by atoms with Crippen molar-refractivity contribution in [1.29, 1.82) is 0 Å². The minimum absolute atomic E-state index is 0.0788. The number of halogens is 1. The van der Waals surface area contributed by atoms with Gasteiger partial charge in [-0.05, 0) is 5.56 Å². The molecule has 0 aliphatic carbocycles. The first-order valence-corrected chi connectivity index (χ1v) is 6.73. The number of likely N-dealkylation sites (tertiary alicyclic amines) is 1. The van der Waals surface area contributed by atoms with Crippen molar-refractivity contribution in [1.82, 2.24) is 4.90 Å². The molecule has 2 rings (SSSR count). The number of amides is 1. The van der Waals surface area contributed by atoms with Gasteiger partial charge >= 0.3 is 12.1 Å². The van der Waals surface area contributed by atoms with Crippen LogP contribution in [0.2, 0.25) is 0 Å². The quantitative estimate of drug-likeness (QED) is 0.802. The molecule has 0 N–H and O–H groups in total. The van der Waals surface area contributed by atoms with Gasteiger partial charge in [-0.1, -0.05) is 37.3 Å². The number of ether oxygens (including phenoxy) is 2. The molecule has 3 atom stereocenters. The van der Waals surface area contributed by atoms with Crippen molar-refractivity contribution in [2.75, 3.05) is 13.7 Å². The number of nitrogens with zero attached hydrogens (tertiary/aromatic N) is 1. The number of benzene rings is 1. The average Bonchev–Trinajstić information content (AvgIpc) is 2.81. The molecule has 0 aromatic heterocycles. The number of carbonyl (C=O) groups excluding carboxylic acids is 2. The molecule has 6 heteroatoms. The first-order chi connectivity index (χ1) is 10.0. The van der Waals surface area contributed by atoms with E-state index in [1.807, 2.05) is 30.3 Å². The molecule has 1 aromatic rings. The Kier molecular flexibility index (Phi) is 4.77. The number of alkyl halides is 1. The van der Waals surface area contributed by atoms with E-state index in [9.17, 15) is 14.0 Å². The lowest BCUT2D eigenvalue weighted by Crippen LogP contribution is -2.43. The fourth-order valence-electron chi connectivity index (χ4n) is 2.40. The third kappa shape index (κ3) is 3.32. The van der Waals surface area contributed by atoms with Crippen LogP contribution in [-0.2, 0) is 20.9 Å². The zero-order chi connectivity index (χ0) is 15.4. The van der Waals surface area contributed by atoms with E-state index in [0.29, 0.717) is 0 Å². The first-order valence-electron chi connectivity index (χ1n) is 6.73. The molecule has 0 saturated carbocycles. The van der Waals surface area contributed by atoms with Crippen LogP contribution in [-0.4, -0.2) is 42.8 Å². The van der Waals surface area contributed by atoms with Gasteiger partial charge in [0.25, 0.3) is 0 Å². The zero-order valence-electron chi connectivity index (χ0n) is 12.0. The summed E-state index contributed by atoms with van der Waals surface area (Å²) in [5.41, 5.74) is 0.824. The second kappa shape index (κ2) is 6.56. The lowest BCUT2D eigenvalue weighted by atomic mass is 10.0. The van der Waals surface area contributed by atoms with Crippen molar-refractivity contribution in [3.05, 3.63) is 35.9 Å². The normalized spacial score (nSPS) is 24.7. The van der Waals surface area contributed by atoms with E-state index in [4.69, 9.17) is 4.74 Å². The highest BCUT2D eigenvalue weighted by Crippen LogP contribution is 2.28. The topological polar surface area (TPSA) is 55.8 Å². The Morgan fingerprint density at radius 1 is 1.33 bits per heavy atom. The van der Waals surface area contributed by atoms with Crippen molar-refractivity contribution in [2.24, 2.45) is 5.92 Å². The molecule has 1 amide bonds. The highest BCUT2D eigenvalue weighted by molar-refractivity contribution is 5.82. The molecular weight excluding hydrogens is 277 g/mol. The van der Waals surface area contributed by atoms with Gasteiger partial charge in [-0.25, -0.2) is 14.0 Å². The van der Waals surface area contributed by atoms with Crippen LogP contribution < -0.4 is 0 Å². The molecule has 1 aliphatic heterocycles. The molecule has 0 unspecified atom stereocenters. The van der Waals surface area contributed by atoms with Crippen LogP contribution in [0.1, 0.15) is 12.5 Å². The predicted octanol–water partition coefficient (Wildman–Crippen LogP) is 2.15.